The molecule has 21 heavy (non-hydrogen) atoms. The molecule has 1 atom stereocenters. The Labute approximate surface area is 129 Å². The van der Waals surface area contributed by atoms with Crippen LogP contribution in [0.2, 0.25) is 5.02 Å². The molecule has 0 radical (unpaired) electrons. The highest BCUT2D eigenvalue weighted by Crippen LogP contribution is 2.20. The maximum atomic E-state index is 12.0. The summed E-state index contributed by atoms with van der Waals surface area (Å²) in [6, 6.07) is 11.2. The minimum atomic E-state index is -0.108. The predicted octanol–water partition coefficient (Wildman–Crippen LogP) is 3.33. The third-order valence-electron chi connectivity index (χ3n) is 3.17. The van der Waals surface area contributed by atoms with Crippen LogP contribution in [-0.4, -0.2) is 17.4 Å². The number of nitrogens with one attached hydrogen (secondary N) is 2. The Morgan fingerprint density at radius 2 is 2.14 bits per heavy atom. The molecule has 110 valence electrons. The van der Waals surface area contributed by atoms with E-state index in [4.69, 9.17) is 11.6 Å². The summed E-state index contributed by atoms with van der Waals surface area (Å²) < 4.78 is 0. The summed E-state index contributed by atoms with van der Waals surface area (Å²) in [7, 11) is 0. The molecule has 0 unspecified atom stereocenters. The first-order valence-corrected chi connectivity index (χ1v) is 7.14. The Morgan fingerprint density at radius 1 is 1.33 bits per heavy atom. The molecule has 1 heterocycles. The van der Waals surface area contributed by atoms with Gasteiger partial charge >= 0.3 is 0 Å². The van der Waals surface area contributed by atoms with Gasteiger partial charge in [-0.2, -0.15) is 0 Å². The first-order chi connectivity index (χ1) is 10.1. The lowest BCUT2D eigenvalue weighted by molar-refractivity contribution is -0.115. The van der Waals surface area contributed by atoms with E-state index in [0.717, 1.165) is 16.9 Å². The Kier molecular flexibility index (Phi) is 5.31. The topological polar surface area (TPSA) is 54.0 Å². The van der Waals surface area contributed by atoms with Gasteiger partial charge in [0, 0.05) is 22.9 Å². The minimum absolute atomic E-state index is 0.0115. The molecule has 0 spiro atoms. The summed E-state index contributed by atoms with van der Waals surface area (Å²) in [4.78, 5) is 16.2. The molecular weight excluding hydrogens is 286 g/mol. The van der Waals surface area contributed by atoms with E-state index in [2.05, 4.69) is 15.6 Å². The van der Waals surface area contributed by atoms with Crippen molar-refractivity contribution in [1.29, 1.82) is 0 Å². The van der Waals surface area contributed by atoms with Gasteiger partial charge in [-0.25, -0.2) is 0 Å². The van der Waals surface area contributed by atoms with E-state index in [0.29, 0.717) is 5.02 Å². The Balaban J connectivity index is 1.89. The average molecular weight is 304 g/mol. The molecule has 1 aromatic heterocycles. The molecule has 1 amide bonds. The third-order valence-corrected chi connectivity index (χ3v) is 3.41. The molecule has 0 aliphatic rings. The largest absolute Gasteiger partial charge is 0.325 e. The number of hydrogen-bond donors (Lipinski definition) is 2. The maximum Gasteiger partial charge on any atom is 0.238 e. The average Bonchev–Trinajstić information content (AvgIpc) is 2.49. The van der Waals surface area contributed by atoms with Crippen LogP contribution in [0.15, 0.2) is 42.6 Å². The van der Waals surface area contributed by atoms with Crippen molar-refractivity contribution in [2.45, 2.75) is 19.9 Å². The van der Waals surface area contributed by atoms with Gasteiger partial charge in [-0.15, -0.1) is 0 Å². The Hall–Kier alpha value is -1.91. The molecule has 0 saturated carbocycles. The van der Waals surface area contributed by atoms with Gasteiger partial charge in [0.2, 0.25) is 5.91 Å². The SMILES string of the molecule is Cc1ccc(Cl)cc1NC(=O)CN[C@@H](C)c1ccccn1. The van der Waals surface area contributed by atoms with Crippen molar-refractivity contribution >= 4 is 23.2 Å². The van der Waals surface area contributed by atoms with Crippen LogP contribution >= 0.6 is 11.6 Å². The smallest absolute Gasteiger partial charge is 0.238 e. The second-order valence-corrected chi connectivity index (χ2v) is 5.30. The maximum absolute atomic E-state index is 12.0. The Bertz CT molecular complexity index is 616. The second-order valence-electron chi connectivity index (χ2n) is 4.86. The molecular formula is C16H18ClN3O. The summed E-state index contributed by atoms with van der Waals surface area (Å²) in [5, 5.41) is 6.60. The molecule has 2 N–H and O–H groups in total. The van der Waals surface area contributed by atoms with Crippen LogP contribution in [-0.2, 0) is 4.79 Å². The predicted molar refractivity (Wildman–Crippen MR) is 85.5 cm³/mol. The highest BCUT2D eigenvalue weighted by molar-refractivity contribution is 6.31. The number of carbonyl (C=O) groups is 1. The zero-order valence-corrected chi connectivity index (χ0v) is 12.8. The van der Waals surface area contributed by atoms with Gasteiger partial charge in [0.05, 0.1) is 12.2 Å². The molecule has 0 bridgehead atoms. The standard InChI is InChI=1S/C16H18ClN3O/c1-11-6-7-13(17)9-15(11)20-16(21)10-19-12(2)14-5-3-4-8-18-14/h3-9,12,19H,10H2,1-2H3,(H,20,21)/t12-/m0/s1. The zero-order valence-electron chi connectivity index (χ0n) is 12.1. The van der Waals surface area contributed by atoms with Crippen molar-refractivity contribution in [2.75, 3.05) is 11.9 Å². The molecule has 2 rings (SSSR count). The fourth-order valence-corrected chi connectivity index (χ4v) is 2.08. The Morgan fingerprint density at radius 3 is 2.86 bits per heavy atom. The van der Waals surface area contributed by atoms with Crippen LogP contribution < -0.4 is 10.6 Å². The van der Waals surface area contributed by atoms with E-state index in [-0.39, 0.29) is 18.5 Å². The summed E-state index contributed by atoms with van der Waals surface area (Å²) in [6.45, 7) is 4.11. The lowest BCUT2D eigenvalue weighted by atomic mass is 10.2. The first kappa shape index (κ1) is 15.5. The van der Waals surface area contributed by atoms with Gasteiger partial charge < -0.3 is 10.6 Å². The van der Waals surface area contributed by atoms with Gasteiger partial charge in [0.1, 0.15) is 0 Å². The lowest BCUT2D eigenvalue weighted by Gasteiger charge is -2.14. The second kappa shape index (κ2) is 7.20. The van der Waals surface area contributed by atoms with E-state index < -0.39 is 0 Å². The highest BCUT2D eigenvalue weighted by Gasteiger charge is 2.09. The lowest BCUT2D eigenvalue weighted by Crippen LogP contribution is -2.30. The van der Waals surface area contributed by atoms with Crippen LogP contribution in [0.1, 0.15) is 24.2 Å². The molecule has 0 saturated heterocycles. The van der Waals surface area contributed by atoms with Gasteiger partial charge in [-0.1, -0.05) is 23.7 Å². The molecule has 0 aliphatic heterocycles. The van der Waals surface area contributed by atoms with Crippen molar-refractivity contribution in [1.82, 2.24) is 10.3 Å². The first-order valence-electron chi connectivity index (χ1n) is 6.76. The normalized spacial score (nSPS) is 12.0. The van der Waals surface area contributed by atoms with Crippen LogP contribution in [0, 0.1) is 6.92 Å². The molecule has 4 nitrogen and oxygen atoms in total. The van der Waals surface area contributed by atoms with Crippen molar-refractivity contribution < 1.29 is 4.79 Å². The highest BCUT2D eigenvalue weighted by atomic mass is 35.5. The quantitative estimate of drug-likeness (QED) is 0.891. The third kappa shape index (κ3) is 4.55. The van der Waals surface area contributed by atoms with Crippen molar-refractivity contribution in [3.05, 3.63) is 58.9 Å². The number of carbonyl (C=O) groups excluding carboxylic acids is 1. The van der Waals surface area contributed by atoms with E-state index in [1.165, 1.54) is 0 Å². The molecule has 0 aliphatic carbocycles. The number of nitrogens with zero attached hydrogens (tertiary/aromatic N) is 1. The van der Waals surface area contributed by atoms with E-state index >= 15 is 0 Å². The molecule has 5 heteroatoms. The molecule has 0 fully saturated rings. The number of benzene rings is 1. The molecule has 1 aromatic carbocycles. The van der Waals surface area contributed by atoms with Crippen LogP contribution in [0.3, 0.4) is 0 Å². The number of rotatable bonds is 5. The monoisotopic (exact) mass is 303 g/mol. The summed E-state index contributed by atoms with van der Waals surface area (Å²) >= 11 is 5.93. The zero-order chi connectivity index (χ0) is 15.2. The number of aryl methyl sites for hydroxylation is 1. The van der Waals surface area contributed by atoms with E-state index in [1.54, 1.807) is 18.3 Å². The van der Waals surface area contributed by atoms with Gasteiger partial charge in [-0.05, 0) is 43.7 Å². The van der Waals surface area contributed by atoms with Gasteiger partial charge in [-0.3, -0.25) is 9.78 Å². The van der Waals surface area contributed by atoms with Crippen molar-refractivity contribution in [2.24, 2.45) is 0 Å². The summed E-state index contributed by atoms with van der Waals surface area (Å²) in [5.41, 5.74) is 2.62. The molecule has 2 aromatic rings. The number of aromatic nitrogens is 1. The summed E-state index contributed by atoms with van der Waals surface area (Å²) in [6.07, 6.45) is 1.74. The van der Waals surface area contributed by atoms with E-state index in [1.807, 2.05) is 38.1 Å². The van der Waals surface area contributed by atoms with E-state index in [9.17, 15) is 4.79 Å². The van der Waals surface area contributed by atoms with Gasteiger partial charge in [0.25, 0.3) is 0 Å². The van der Waals surface area contributed by atoms with Crippen molar-refractivity contribution in [3.8, 4) is 0 Å². The number of amides is 1. The van der Waals surface area contributed by atoms with Crippen LogP contribution in [0.5, 0.6) is 0 Å². The minimum Gasteiger partial charge on any atom is -0.325 e. The van der Waals surface area contributed by atoms with Crippen LogP contribution in [0.4, 0.5) is 5.69 Å². The van der Waals surface area contributed by atoms with Gasteiger partial charge in [0.15, 0.2) is 0 Å². The number of anilines is 1. The number of pyridine rings is 1. The fraction of sp³-hybridized carbons (Fsp3) is 0.250. The number of hydrogen-bond acceptors (Lipinski definition) is 3. The van der Waals surface area contributed by atoms with Crippen molar-refractivity contribution in [3.63, 3.8) is 0 Å². The van der Waals surface area contributed by atoms with Crippen LogP contribution in [0.25, 0.3) is 0 Å². The summed E-state index contributed by atoms with van der Waals surface area (Å²) in [5.74, 6) is -0.108. The fourth-order valence-electron chi connectivity index (χ4n) is 1.91. The number of halogens is 1.